The topological polar surface area (TPSA) is 49.9 Å². The van der Waals surface area contributed by atoms with Crippen LogP contribution in [0.25, 0.3) is 43.8 Å². The highest BCUT2D eigenvalue weighted by atomic mass is 16.3. The number of benzene rings is 6. The van der Waals surface area contributed by atoms with Crippen molar-refractivity contribution in [2.45, 2.75) is 6.17 Å². The zero-order chi connectivity index (χ0) is 27.2. The third-order valence-corrected chi connectivity index (χ3v) is 7.73. The maximum atomic E-state index is 6.34. The summed E-state index contributed by atoms with van der Waals surface area (Å²) in [6.45, 7) is 0. The van der Waals surface area contributed by atoms with E-state index in [0.29, 0.717) is 5.84 Å². The smallest absolute Gasteiger partial charge is 0.159 e. The van der Waals surface area contributed by atoms with Gasteiger partial charge in [-0.3, -0.25) is 0 Å². The van der Waals surface area contributed by atoms with Gasteiger partial charge in [0.25, 0.3) is 0 Å². The van der Waals surface area contributed by atoms with Gasteiger partial charge in [0.2, 0.25) is 0 Å². The summed E-state index contributed by atoms with van der Waals surface area (Å²) in [5, 5.41) is 8.17. The van der Waals surface area contributed by atoms with E-state index in [1.165, 1.54) is 16.3 Å². The Morgan fingerprint density at radius 1 is 0.537 bits per heavy atom. The molecule has 4 heteroatoms. The Bertz CT molecular complexity index is 2120. The molecule has 7 aromatic rings. The van der Waals surface area contributed by atoms with E-state index in [4.69, 9.17) is 14.4 Å². The van der Waals surface area contributed by atoms with Crippen LogP contribution in [-0.4, -0.2) is 11.7 Å². The van der Waals surface area contributed by atoms with E-state index in [0.717, 1.165) is 50.0 Å². The van der Waals surface area contributed by atoms with Gasteiger partial charge in [-0.2, -0.15) is 0 Å². The summed E-state index contributed by atoms with van der Waals surface area (Å²) in [6.07, 6.45) is -0.353. The molecule has 194 valence electrons. The van der Waals surface area contributed by atoms with E-state index in [2.05, 4.69) is 108 Å². The molecule has 0 aliphatic carbocycles. The predicted molar refractivity (Wildman–Crippen MR) is 168 cm³/mol. The first kappa shape index (κ1) is 23.4. The monoisotopic (exact) mass is 527 g/mol. The van der Waals surface area contributed by atoms with Crippen LogP contribution in [0.2, 0.25) is 0 Å². The highest BCUT2D eigenvalue weighted by Gasteiger charge is 2.24. The molecule has 8 rings (SSSR count). The first-order valence-corrected chi connectivity index (χ1v) is 13.8. The molecule has 4 nitrogen and oxygen atoms in total. The van der Waals surface area contributed by atoms with Crippen molar-refractivity contribution in [2.75, 3.05) is 0 Å². The van der Waals surface area contributed by atoms with Gasteiger partial charge in [0.1, 0.15) is 23.2 Å². The van der Waals surface area contributed by atoms with Crippen molar-refractivity contribution in [1.29, 1.82) is 0 Å². The second-order valence-corrected chi connectivity index (χ2v) is 10.3. The number of fused-ring (bicyclic) bond motifs is 4. The molecular formula is C37H25N3O. The van der Waals surface area contributed by atoms with Gasteiger partial charge in [0, 0.05) is 27.5 Å². The summed E-state index contributed by atoms with van der Waals surface area (Å²) < 4.78 is 6.34. The summed E-state index contributed by atoms with van der Waals surface area (Å²) in [4.78, 5) is 10.2. The maximum Gasteiger partial charge on any atom is 0.159 e. The van der Waals surface area contributed by atoms with Crippen LogP contribution in [0.4, 0.5) is 0 Å². The predicted octanol–water partition coefficient (Wildman–Crippen LogP) is 8.90. The fourth-order valence-electron chi connectivity index (χ4n) is 5.70. The number of rotatable bonds is 4. The van der Waals surface area contributed by atoms with Crippen molar-refractivity contribution in [3.63, 3.8) is 0 Å². The molecule has 1 aliphatic rings. The van der Waals surface area contributed by atoms with Crippen LogP contribution < -0.4 is 5.32 Å². The molecular weight excluding hydrogens is 502 g/mol. The Labute approximate surface area is 237 Å². The van der Waals surface area contributed by atoms with Crippen molar-refractivity contribution in [2.24, 2.45) is 9.98 Å². The van der Waals surface area contributed by atoms with Crippen LogP contribution in [-0.2, 0) is 0 Å². The first-order chi connectivity index (χ1) is 20.3. The molecule has 0 spiro atoms. The molecule has 0 radical (unpaired) electrons. The molecule has 1 aromatic heterocycles. The van der Waals surface area contributed by atoms with Crippen LogP contribution in [0.3, 0.4) is 0 Å². The Hall–Kier alpha value is -5.48. The van der Waals surface area contributed by atoms with Crippen LogP contribution in [0.15, 0.2) is 154 Å². The Balaban J connectivity index is 1.30. The van der Waals surface area contributed by atoms with Gasteiger partial charge >= 0.3 is 0 Å². The third-order valence-electron chi connectivity index (χ3n) is 7.73. The average Bonchev–Trinajstić information content (AvgIpc) is 3.43. The van der Waals surface area contributed by atoms with Crippen LogP contribution in [0.5, 0.6) is 0 Å². The quantitative estimate of drug-likeness (QED) is 0.248. The number of aliphatic imine (C=N–C) groups is 2. The molecule has 0 bridgehead atoms. The first-order valence-electron chi connectivity index (χ1n) is 13.8. The minimum atomic E-state index is -0.353. The lowest BCUT2D eigenvalue weighted by Gasteiger charge is -2.24. The largest absolute Gasteiger partial charge is 0.456 e. The van der Waals surface area contributed by atoms with Gasteiger partial charge in [-0.05, 0) is 46.2 Å². The number of hydrogen-bond donors (Lipinski definition) is 1. The van der Waals surface area contributed by atoms with Crippen molar-refractivity contribution >= 4 is 44.4 Å². The molecule has 1 unspecified atom stereocenters. The normalized spacial score (nSPS) is 15.1. The van der Waals surface area contributed by atoms with Crippen molar-refractivity contribution in [1.82, 2.24) is 5.32 Å². The lowest BCUT2D eigenvalue weighted by Crippen LogP contribution is -2.33. The van der Waals surface area contributed by atoms with E-state index < -0.39 is 0 Å². The molecule has 0 amide bonds. The standard InChI is InChI=1S/C37H25N3O/c1-3-10-24(11-4-1)28-20-21-32-31(23-28)34-30(16-9-17-33(34)41-32)37-39-35(26-13-5-2-6-14-26)38-36(40-37)29-19-18-25-12-7-8-15-27(25)22-29/h1-23,37H,(H,38,39,40). The van der Waals surface area contributed by atoms with E-state index in [1.807, 2.05) is 36.4 Å². The molecule has 41 heavy (non-hydrogen) atoms. The fourth-order valence-corrected chi connectivity index (χ4v) is 5.70. The summed E-state index contributed by atoms with van der Waals surface area (Å²) in [6, 6.07) is 48.1. The van der Waals surface area contributed by atoms with E-state index in [-0.39, 0.29) is 6.17 Å². The summed E-state index contributed by atoms with van der Waals surface area (Å²) >= 11 is 0. The third kappa shape index (κ3) is 4.17. The number of hydrogen-bond acceptors (Lipinski definition) is 4. The van der Waals surface area contributed by atoms with Crippen molar-refractivity contribution in [3.05, 3.63) is 156 Å². The molecule has 1 atom stereocenters. The summed E-state index contributed by atoms with van der Waals surface area (Å²) in [7, 11) is 0. The lowest BCUT2D eigenvalue weighted by molar-refractivity contribution is 0.662. The van der Waals surface area contributed by atoms with Gasteiger partial charge in [-0.1, -0.05) is 115 Å². The number of nitrogens with zero attached hydrogens (tertiary/aromatic N) is 2. The highest BCUT2D eigenvalue weighted by molar-refractivity contribution is 6.14. The summed E-state index contributed by atoms with van der Waals surface area (Å²) in [5.74, 6) is 1.50. The van der Waals surface area contributed by atoms with Gasteiger partial charge in [0.15, 0.2) is 5.84 Å². The van der Waals surface area contributed by atoms with Gasteiger partial charge < -0.3 is 9.73 Å². The van der Waals surface area contributed by atoms with Crippen molar-refractivity contribution < 1.29 is 4.42 Å². The van der Waals surface area contributed by atoms with E-state index in [9.17, 15) is 0 Å². The molecule has 6 aromatic carbocycles. The van der Waals surface area contributed by atoms with Crippen LogP contribution in [0, 0.1) is 0 Å². The second kappa shape index (κ2) is 9.61. The van der Waals surface area contributed by atoms with Crippen LogP contribution in [0.1, 0.15) is 22.9 Å². The minimum absolute atomic E-state index is 0.353. The highest BCUT2D eigenvalue weighted by Crippen LogP contribution is 2.37. The van der Waals surface area contributed by atoms with Gasteiger partial charge in [-0.25, -0.2) is 9.98 Å². The van der Waals surface area contributed by atoms with Crippen LogP contribution >= 0.6 is 0 Å². The SMILES string of the molecule is c1ccc(C2=NC(c3cccc4oc5ccc(-c6ccccc6)cc5c34)NC(c3ccc4ccccc4c3)=N2)cc1. The van der Waals surface area contributed by atoms with Gasteiger partial charge in [0.05, 0.1) is 0 Å². The second-order valence-electron chi connectivity index (χ2n) is 10.3. The Morgan fingerprint density at radius 3 is 2.10 bits per heavy atom. The molecule has 0 saturated carbocycles. The summed E-state index contributed by atoms with van der Waals surface area (Å²) in [5.41, 5.74) is 7.08. The Morgan fingerprint density at radius 2 is 1.27 bits per heavy atom. The molecule has 1 N–H and O–H groups in total. The molecule has 2 heterocycles. The zero-order valence-electron chi connectivity index (χ0n) is 22.2. The number of amidine groups is 2. The molecule has 0 saturated heterocycles. The average molecular weight is 528 g/mol. The maximum absolute atomic E-state index is 6.34. The zero-order valence-corrected chi connectivity index (χ0v) is 22.2. The van der Waals surface area contributed by atoms with E-state index in [1.54, 1.807) is 0 Å². The van der Waals surface area contributed by atoms with Gasteiger partial charge in [-0.15, -0.1) is 0 Å². The van der Waals surface area contributed by atoms with Crippen molar-refractivity contribution in [3.8, 4) is 11.1 Å². The fraction of sp³-hybridized carbons (Fsp3) is 0.0270. The van der Waals surface area contributed by atoms with E-state index >= 15 is 0 Å². The number of furan rings is 1. The molecule has 0 fully saturated rings. The lowest BCUT2D eigenvalue weighted by atomic mass is 9.99. The Kier molecular flexibility index (Phi) is 5.49. The molecule has 1 aliphatic heterocycles. The minimum Gasteiger partial charge on any atom is -0.456 e. The number of nitrogens with one attached hydrogen (secondary N) is 1.